The number of hydrogen-bond acceptors (Lipinski definition) is 3. The van der Waals surface area contributed by atoms with E-state index < -0.39 is 5.97 Å². The molecule has 0 saturated carbocycles. The molecule has 0 radical (unpaired) electrons. The molecule has 3 heteroatoms. The molecule has 0 aliphatic heterocycles. The summed E-state index contributed by atoms with van der Waals surface area (Å²) in [6.07, 6.45) is 2.40. The molecule has 0 heterocycles. The monoisotopic (exact) mass is 232 g/mol. The van der Waals surface area contributed by atoms with E-state index in [9.17, 15) is 9.59 Å². The quantitative estimate of drug-likeness (QED) is 0.455. The van der Waals surface area contributed by atoms with E-state index in [4.69, 9.17) is 4.74 Å². The molecule has 1 aromatic rings. The van der Waals surface area contributed by atoms with Gasteiger partial charge in [0.1, 0.15) is 0 Å². The molecule has 0 aliphatic rings. The van der Waals surface area contributed by atoms with Crippen LogP contribution in [0.4, 0.5) is 0 Å². The number of carbonyl (C=O) groups excluding carboxylic acids is 2. The largest absolute Gasteiger partial charge is 0.463 e. The molecule has 0 aliphatic carbocycles. The summed E-state index contributed by atoms with van der Waals surface area (Å²) in [4.78, 5) is 22.8. The molecule has 0 atom stereocenters. The Kier molecular flexibility index (Phi) is 4.64. The maximum Gasteiger partial charge on any atom is 0.330 e. The van der Waals surface area contributed by atoms with Crippen molar-refractivity contribution in [1.82, 2.24) is 0 Å². The number of ether oxygens (including phenoxy) is 1. The van der Waals surface area contributed by atoms with Gasteiger partial charge in [0.2, 0.25) is 0 Å². The van der Waals surface area contributed by atoms with E-state index in [2.05, 4.69) is 0 Å². The van der Waals surface area contributed by atoms with E-state index in [-0.39, 0.29) is 5.78 Å². The van der Waals surface area contributed by atoms with Crippen molar-refractivity contribution in [2.45, 2.75) is 20.8 Å². The van der Waals surface area contributed by atoms with Gasteiger partial charge in [0, 0.05) is 11.6 Å². The first-order valence-electron chi connectivity index (χ1n) is 5.51. The lowest BCUT2D eigenvalue weighted by molar-refractivity contribution is -0.137. The minimum Gasteiger partial charge on any atom is -0.463 e. The van der Waals surface area contributed by atoms with Crippen molar-refractivity contribution in [1.29, 1.82) is 0 Å². The van der Waals surface area contributed by atoms with E-state index in [1.165, 1.54) is 6.08 Å². The molecule has 3 nitrogen and oxygen atoms in total. The van der Waals surface area contributed by atoms with Crippen LogP contribution in [0, 0.1) is 13.8 Å². The molecule has 0 unspecified atom stereocenters. The van der Waals surface area contributed by atoms with Gasteiger partial charge >= 0.3 is 5.97 Å². The van der Waals surface area contributed by atoms with E-state index >= 15 is 0 Å². The third-order valence-electron chi connectivity index (χ3n) is 2.30. The van der Waals surface area contributed by atoms with Crippen LogP contribution in [0.15, 0.2) is 30.4 Å². The van der Waals surface area contributed by atoms with E-state index in [0.717, 1.165) is 17.2 Å². The van der Waals surface area contributed by atoms with E-state index in [0.29, 0.717) is 12.2 Å². The molecule has 0 saturated heterocycles. The third-order valence-corrected chi connectivity index (χ3v) is 2.30. The van der Waals surface area contributed by atoms with Crippen molar-refractivity contribution in [2.24, 2.45) is 0 Å². The summed E-state index contributed by atoms with van der Waals surface area (Å²) in [5.74, 6) is -0.679. The van der Waals surface area contributed by atoms with E-state index in [1.54, 1.807) is 13.0 Å². The van der Waals surface area contributed by atoms with Crippen LogP contribution in [0.3, 0.4) is 0 Å². The van der Waals surface area contributed by atoms with Gasteiger partial charge in [0.25, 0.3) is 0 Å². The molecule has 0 amide bonds. The Morgan fingerprint density at radius 2 is 1.94 bits per heavy atom. The Bertz CT molecular complexity index is 459. The third kappa shape index (κ3) is 3.87. The fraction of sp³-hybridized carbons (Fsp3) is 0.286. The number of allylic oxidation sites excluding steroid dienone is 1. The van der Waals surface area contributed by atoms with Gasteiger partial charge in [-0.05, 0) is 32.4 Å². The molecule has 0 fully saturated rings. The highest BCUT2D eigenvalue weighted by atomic mass is 16.5. The van der Waals surface area contributed by atoms with Gasteiger partial charge in [-0.3, -0.25) is 4.79 Å². The Labute approximate surface area is 101 Å². The summed E-state index contributed by atoms with van der Waals surface area (Å²) < 4.78 is 4.70. The standard InChI is InChI=1S/C14H16O3/c1-4-17-14(16)8-7-13(15)12-6-5-10(2)9-11(12)3/h5-9H,4H2,1-3H3. The lowest BCUT2D eigenvalue weighted by Gasteiger charge is -2.02. The molecule has 90 valence electrons. The summed E-state index contributed by atoms with van der Waals surface area (Å²) in [5, 5.41) is 0. The van der Waals surface area contributed by atoms with Gasteiger partial charge in [0.15, 0.2) is 5.78 Å². The first-order chi connectivity index (χ1) is 8.04. The van der Waals surface area contributed by atoms with E-state index in [1.807, 2.05) is 26.0 Å². The Balaban J connectivity index is 2.80. The maximum absolute atomic E-state index is 11.8. The van der Waals surface area contributed by atoms with Crippen LogP contribution >= 0.6 is 0 Å². The molecule has 0 spiro atoms. The van der Waals surface area contributed by atoms with Gasteiger partial charge in [-0.2, -0.15) is 0 Å². The highest BCUT2D eigenvalue weighted by molar-refractivity contribution is 6.07. The fourth-order valence-electron chi connectivity index (χ4n) is 1.51. The van der Waals surface area contributed by atoms with Crippen molar-refractivity contribution < 1.29 is 14.3 Å². The van der Waals surface area contributed by atoms with Crippen molar-refractivity contribution in [2.75, 3.05) is 6.61 Å². The van der Waals surface area contributed by atoms with Gasteiger partial charge in [-0.1, -0.05) is 23.8 Å². The van der Waals surface area contributed by atoms with Crippen molar-refractivity contribution in [3.63, 3.8) is 0 Å². The van der Waals surface area contributed by atoms with Gasteiger partial charge < -0.3 is 4.74 Å². The normalized spacial score (nSPS) is 10.5. The second-order valence-electron chi connectivity index (χ2n) is 3.77. The van der Waals surface area contributed by atoms with Crippen LogP contribution in [-0.4, -0.2) is 18.4 Å². The Hall–Kier alpha value is -1.90. The minimum atomic E-state index is -0.495. The highest BCUT2D eigenvalue weighted by Crippen LogP contribution is 2.11. The average Bonchev–Trinajstić information content (AvgIpc) is 2.26. The fourth-order valence-corrected chi connectivity index (χ4v) is 1.51. The molecular formula is C14H16O3. The SMILES string of the molecule is CCOC(=O)C=CC(=O)c1ccc(C)cc1C. The molecule has 0 bridgehead atoms. The zero-order valence-corrected chi connectivity index (χ0v) is 10.3. The number of rotatable bonds is 4. The number of esters is 1. The zero-order valence-electron chi connectivity index (χ0n) is 10.3. The van der Waals surface area contributed by atoms with Crippen LogP contribution in [0.5, 0.6) is 0 Å². The Morgan fingerprint density at radius 1 is 1.24 bits per heavy atom. The zero-order chi connectivity index (χ0) is 12.8. The highest BCUT2D eigenvalue weighted by Gasteiger charge is 2.06. The second kappa shape index (κ2) is 5.99. The first kappa shape index (κ1) is 13.2. The van der Waals surface area contributed by atoms with Crippen LogP contribution in [0.25, 0.3) is 0 Å². The summed E-state index contributed by atoms with van der Waals surface area (Å²) in [6.45, 7) is 5.87. The average molecular weight is 232 g/mol. The van der Waals surface area contributed by atoms with Crippen LogP contribution in [-0.2, 0) is 9.53 Å². The summed E-state index contributed by atoms with van der Waals surface area (Å²) in [7, 11) is 0. The van der Waals surface area contributed by atoms with Gasteiger partial charge in [-0.15, -0.1) is 0 Å². The Morgan fingerprint density at radius 3 is 2.53 bits per heavy atom. The topological polar surface area (TPSA) is 43.4 Å². The van der Waals surface area contributed by atoms with Gasteiger partial charge in [0.05, 0.1) is 6.61 Å². The van der Waals surface area contributed by atoms with Gasteiger partial charge in [-0.25, -0.2) is 4.79 Å². The van der Waals surface area contributed by atoms with Crippen molar-refractivity contribution in [3.05, 3.63) is 47.0 Å². The van der Waals surface area contributed by atoms with Crippen LogP contribution in [0.1, 0.15) is 28.4 Å². The first-order valence-corrected chi connectivity index (χ1v) is 5.51. The van der Waals surface area contributed by atoms with Crippen LogP contribution in [0.2, 0.25) is 0 Å². The summed E-state index contributed by atoms with van der Waals surface area (Å²) in [5.41, 5.74) is 2.62. The predicted molar refractivity (Wildman–Crippen MR) is 66.0 cm³/mol. The summed E-state index contributed by atoms with van der Waals surface area (Å²) >= 11 is 0. The number of hydrogen-bond donors (Lipinski definition) is 0. The molecule has 0 aromatic heterocycles. The number of benzene rings is 1. The number of carbonyl (C=O) groups is 2. The maximum atomic E-state index is 11.8. The van der Waals surface area contributed by atoms with Crippen molar-refractivity contribution in [3.8, 4) is 0 Å². The smallest absolute Gasteiger partial charge is 0.330 e. The molecule has 0 N–H and O–H groups in total. The lowest BCUT2D eigenvalue weighted by Crippen LogP contribution is -2.02. The predicted octanol–water partition coefficient (Wildman–Crippen LogP) is 2.61. The van der Waals surface area contributed by atoms with Crippen molar-refractivity contribution >= 4 is 11.8 Å². The molecule has 1 rings (SSSR count). The lowest BCUT2D eigenvalue weighted by atomic mass is 10.0. The number of aryl methyl sites for hydroxylation is 2. The molecule has 17 heavy (non-hydrogen) atoms. The molecule has 1 aromatic carbocycles. The second-order valence-corrected chi connectivity index (χ2v) is 3.77. The number of ketones is 1. The van der Waals surface area contributed by atoms with Crippen LogP contribution < -0.4 is 0 Å². The summed E-state index contributed by atoms with van der Waals surface area (Å²) in [6, 6.07) is 5.58. The minimum absolute atomic E-state index is 0.185. The molecular weight excluding hydrogens is 216 g/mol.